The van der Waals surface area contributed by atoms with Crippen molar-refractivity contribution in [1.82, 2.24) is 20.1 Å². The Kier molecular flexibility index (Phi) is 8.96. The number of phenols is 1. The normalized spacial score (nSPS) is 16.9. The summed E-state index contributed by atoms with van der Waals surface area (Å²) in [5.74, 6) is 1.04. The molecule has 6 nitrogen and oxygen atoms in total. The van der Waals surface area contributed by atoms with E-state index in [2.05, 4.69) is 154 Å². The van der Waals surface area contributed by atoms with Gasteiger partial charge in [0.05, 0.1) is 11.1 Å². The molecule has 0 spiro atoms. The molecule has 1 aliphatic rings. The van der Waals surface area contributed by atoms with Crippen LogP contribution in [0, 0.1) is 5.41 Å². The Morgan fingerprint density at radius 1 is 0.700 bits per heavy atom. The molecule has 0 aliphatic carbocycles. The molecule has 1 fully saturated rings. The van der Waals surface area contributed by atoms with Gasteiger partial charge in [-0.3, -0.25) is 0 Å². The summed E-state index contributed by atoms with van der Waals surface area (Å²) in [6, 6.07) is 29.1. The van der Waals surface area contributed by atoms with Crippen LogP contribution in [0.5, 0.6) is 11.5 Å². The third-order valence-corrected chi connectivity index (χ3v) is 10.7. The standard InChI is InChI=1S/C44H56N4O2/c1-40(2,3)29-41(4,5)33-27-35(44(10,11)32-16-13-12-14-17-32)39(49)38(28-33)47-45-36-23-20-31(26-37(36)46-47)30-18-21-34(22-19-30)50-48-42(6,7)24-15-25-43(48,8)9/h12-14,16-23,26-28,49H,15,24-25,29H2,1-11H3. The fourth-order valence-electron chi connectivity index (χ4n) is 8.32. The lowest BCUT2D eigenvalue weighted by molar-refractivity contribution is -0.216. The number of piperidine rings is 1. The van der Waals surface area contributed by atoms with Gasteiger partial charge in [0, 0.05) is 11.0 Å². The van der Waals surface area contributed by atoms with Crippen molar-refractivity contribution in [1.29, 1.82) is 0 Å². The molecule has 1 aliphatic heterocycles. The van der Waals surface area contributed by atoms with Crippen molar-refractivity contribution in [2.24, 2.45) is 5.41 Å². The van der Waals surface area contributed by atoms with Crippen molar-refractivity contribution >= 4 is 11.0 Å². The molecule has 0 unspecified atom stereocenters. The molecule has 0 bridgehead atoms. The van der Waals surface area contributed by atoms with Crippen molar-refractivity contribution in [3.63, 3.8) is 0 Å². The Morgan fingerprint density at radius 2 is 1.30 bits per heavy atom. The molecule has 264 valence electrons. The van der Waals surface area contributed by atoms with Crippen LogP contribution in [-0.2, 0) is 10.8 Å². The maximum Gasteiger partial charge on any atom is 0.147 e. The average Bonchev–Trinajstić information content (AvgIpc) is 3.45. The number of fused-ring (bicyclic) bond motifs is 1. The van der Waals surface area contributed by atoms with E-state index in [1.807, 2.05) is 12.1 Å². The average molecular weight is 673 g/mol. The number of hydroxylamine groups is 2. The summed E-state index contributed by atoms with van der Waals surface area (Å²) in [7, 11) is 0. The number of nitrogens with zero attached hydrogens (tertiary/aromatic N) is 4. The van der Waals surface area contributed by atoms with E-state index < -0.39 is 5.41 Å². The molecular formula is C44H56N4O2. The molecule has 1 aromatic heterocycles. The zero-order chi connectivity index (χ0) is 36.3. The first-order valence-electron chi connectivity index (χ1n) is 18.2. The summed E-state index contributed by atoms with van der Waals surface area (Å²) in [6.45, 7) is 24.8. The van der Waals surface area contributed by atoms with Gasteiger partial charge in [0.15, 0.2) is 0 Å². The van der Waals surface area contributed by atoms with Gasteiger partial charge < -0.3 is 9.94 Å². The van der Waals surface area contributed by atoms with Crippen molar-refractivity contribution in [2.75, 3.05) is 0 Å². The maximum absolute atomic E-state index is 12.0. The first-order chi connectivity index (χ1) is 23.3. The van der Waals surface area contributed by atoms with E-state index in [-0.39, 0.29) is 27.7 Å². The van der Waals surface area contributed by atoms with Crippen LogP contribution in [0.1, 0.15) is 119 Å². The van der Waals surface area contributed by atoms with Gasteiger partial charge in [-0.2, -0.15) is 0 Å². The molecule has 6 heteroatoms. The van der Waals surface area contributed by atoms with Crippen molar-refractivity contribution < 1.29 is 9.94 Å². The van der Waals surface area contributed by atoms with Crippen LogP contribution in [-0.4, -0.2) is 36.2 Å². The van der Waals surface area contributed by atoms with Gasteiger partial charge >= 0.3 is 0 Å². The first kappa shape index (κ1) is 35.7. The number of aromatic nitrogens is 3. The van der Waals surface area contributed by atoms with Gasteiger partial charge in [0.2, 0.25) is 0 Å². The summed E-state index contributed by atoms with van der Waals surface area (Å²) in [4.78, 5) is 8.13. The topological polar surface area (TPSA) is 63.4 Å². The second-order valence-electron chi connectivity index (χ2n) is 18.1. The monoisotopic (exact) mass is 672 g/mol. The van der Waals surface area contributed by atoms with Crippen LogP contribution in [0.4, 0.5) is 0 Å². The molecule has 0 atom stereocenters. The minimum atomic E-state index is -0.455. The quantitative estimate of drug-likeness (QED) is 0.178. The van der Waals surface area contributed by atoms with Gasteiger partial charge in [-0.15, -0.1) is 20.1 Å². The minimum absolute atomic E-state index is 0.0361. The maximum atomic E-state index is 12.0. The number of rotatable bonds is 8. The second-order valence-corrected chi connectivity index (χ2v) is 18.1. The summed E-state index contributed by atoms with van der Waals surface area (Å²) >= 11 is 0. The number of phenolic OH excluding ortho intramolecular Hbond substituents is 1. The van der Waals surface area contributed by atoms with Gasteiger partial charge in [-0.05, 0) is 117 Å². The van der Waals surface area contributed by atoms with Crippen molar-refractivity contribution in [3.8, 4) is 28.3 Å². The molecular weight excluding hydrogens is 617 g/mol. The minimum Gasteiger partial charge on any atom is -0.505 e. The lowest BCUT2D eigenvalue weighted by Gasteiger charge is -2.50. The van der Waals surface area contributed by atoms with Crippen LogP contribution < -0.4 is 4.84 Å². The van der Waals surface area contributed by atoms with Crippen LogP contribution >= 0.6 is 0 Å². The summed E-state index contributed by atoms with van der Waals surface area (Å²) in [5, 5.41) is 24.1. The SMILES string of the molecule is CC(C)(C)CC(C)(C)c1cc(-n2nc3ccc(-c4ccc(ON5C(C)(C)CCCC5(C)C)cc4)cc3n2)c(O)c(C(C)(C)c2ccccc2)c1. The van der Waals surface area contributed by atoms with E-state index in [4.69, 9.17) is 15.0 Å². The lowest BCUT2D eigenvalue weighted by atomic mass is 9.70. The highest BCUT2D eigenvalue weighted by molar-refractivity contribution is 5.81. The Bertz CT molecular complexity index is 1960. The number of hydrogen-bond acceptors (Lipinski definition) is 5. The molecule has 0 radical (unpaired) electrons. The lowest BCUT2D eigenvalue weighted by Crippen LogP contribution is -2.59. The van der Waals surface area contributed by atoms with Gasteiger partial charge in [-0.1, -0.05) is 103 Å². The van der Waals surface area contributed by atoms with Crippen LogP contribution in [0.2, 0.25) is 0 Å². The van der Waals surface area contributed by atoms with Crippen LogP contribution in [0.15, 0.2) is 84.9 Å². The van der Waals surface area contributed by atoms with E-state index in [9.17, 15) is 5.11 Å². The predicted molar refractivity (Wildman–Crippen MR) is 206 cm³/mol. The number of hydrogen-bond donors (Lipinski definition) is 1. The molecule has 50 heavy (non-hydrogen) atoms. The molecule has 5 aromatic rings. The zero-order valence-corrected chi connectivity index (χ0v) is 32.1. The van der Waals surface area contributed by atoms with E-state index in [0.717, 1.165) is 63.9 Å². The van der Waals surface area contributed by atoms with E-state index in [1.165, 1.54) is 6.42 Å². The molecule has 1 saturated heterocycles. The molecule has 1 N–H and O–H groups in total. The van der Waals surface area contributed by atoms with E-state index >= 15 is 0 Å². The van der Waals surface area contributed by atoms with Crippen LogP contribution in [0.3, 0.4) is 0 Å². The summed E-state index contributed by atoms with van der Waals surface area (Å²) < 4.78 is 0. The number of benzene rings is 4. The molecule has 2 heterocycles. The second kappa shape index (κ2) is 12.6. The van der Waals surface area contributed by atoms with Crippen LogP contribution in [0.25, 0.3) is 27.8 Å². The smallest absolute Gasteiger partial charge is 0.147 e. The summed E-state index contributed by atoms with van der Waals surface area (Å²) in [6.07, 6.45) is 4.40. The Hall–Kier alpha value is -4.16. The number of aromatic hydroxyl groups is 1. The van der Waals surface area contributed by atoms with E-state index in [0.29, 0.717) is 5.69 Å². The molecule has 6 rings (SSSR count). The Labute approximate surface area is 299 Å². The molecule has 0 saturated carbocycles. The highest BCUT2D eigenvalue weighted by Crippen LogP contribution is 2.45. The third-order valence-electron chi connectivity index (χ3n) is 10.7. The van der Waals surface area contributed by atoms with Crippen molar-refractivity contribution in [2.45, 2.75) is 124 Å². The molecule has 0 amide bonds. The fourth-order valence-corrected chi connectivity index (χ4v) is 8.32. The fraction of sp³-hybridized carbons (Fsp3) is 0.455. The van der Waals surface area contributed by atoms with E-state index in [1.54, 1.807) is 4.80 Å². The first-order valence-corrected chi connectivity index (χ1v) is 18.2. The Morgan fingerprint density at radius 3 is 1.92 bits per heavy atom. The third kappa shape index (κ3) is 7.05. The highest BCUT2D eigenvalue weighted by atomic mass is 16.7. The van der Waals surface area contributed by atoms with Gasteiger partial charge in [-0.25, -0.2) is 0 Å². The predicted octanol–water partition coefficient (Wildman–Crippen LogP) is 11.2. The Balaban J connectivity index is 1.37. The zero-order valence-electron chi connectivity index (χ0n) is 32.1. The van der Waals surface area contributed by atoms with Gasteiger partial charge in [0.25, 0.3) is 0 Å². The largest absolute Gasteiger partial charge is 0.505 e. The summed E-state index contributed by atoms with van der Waals surface area (Å²) in [5.41, 5.74) is 6.83. The van der Waals surface area contributed by atoms with Gasteiger partial charge in [0.1, 0.15) is 28.2 Å². The van der Waals surface area contributed by atoms with Crippen molar-refractivity contribution in [3.05, 3.63) is 102 Å². The molecule has 4 aromatic carbocycles. The highest BCUT2D eigenvalue weighted by Gasteiger charge is 2.43.